The number of carbonyl (C=O) groups is 2. The van der Waals surface area contributed by atoms with Gasteiger partial charge in [-0.05, 0) is 43.2 Å². The monoisotopic (exact) mass is 360 g/mol. The summed E-state index contributed by atoms with van der Waals surface area (Å²) in [6.45, 7) is 2.52. The molecular formula is C19H18ClFN2O2. The van der Waals surface area contributed by atoms with E-state index in [2.05, 4.69) is 0 Å². The lowest BCUT2D eigenvalue weighted by molar-refractivity contribution is -0.127. The molecule has 0 N–H and O–H groups in total. The molecule has 2 amide bonds. The molecule has 3 rings (SSSR count). The van der Waals surface area contributed by atoms with Crippen LogP contribution in [0.3, 0.4) is 0 Å². The summed E-state index contributed by atoms with van der Waals surface area (Å²) < 4.78 is 14.1. The second-order valence-corrected chi connectivity index (χ2v) is 6.46. The van der Waals surface area contributed by atoms with Gasteiger partial charge in [-0.15, -0.1) is 0 Å². The van der Waals surface area contributed by atoms with Gasteiger partial charge in [0.25, 0.3) is 5.91 Å². The van der Waals surface area contributed by atoms with Crippen molar-refractivity contribution >= 4 is 29.1 Å². The zero-order valence-corrected chi connectivity index (χ0v) is 14.6. The number of rotatable bonds is 4. The van der Waals surface area contributed by atoms with E-state index in [0.717, 1.165) is 12.0 Å². The van der Waals surface area contributed by atoms with E-state index in [1.807, 2.05) is 6.92 Å². The summed E-state index contributed by atoms with van der Waals surface area (Å²) in [6.07, 6.45) is 1.23. The number of hydrogen-bond donors (Lipinski definition) is 0. The minimum Gasteiger partial charge on any atom is -0.324 e. The Morgan fingerprint density at radius 2 is 2.04 bits per heavy atom. The van der Waals surface area contributed by atoms with Crippen molar-refractivity contribution in [3.63, 3.8) is 0 Å². The van der Waals surface area contributed by atoms with Crippen molar-refractivity contribution in [3.05, 3.63) is 64.4 Å². The Labute approximate surface area is 150 Å². The summed E-state index contributed by atoms with van der Waals surface area (Å²) in [6, 6.07) is 11.0. The van der Waals surface area contributed by atoms with Crippen LogP contribution in [0.4, 0.5) is 10.1 Å². The average molecular weight is 361 g/mol. The van der Waals surface area contributed by atoms with Gasteiger partial charge in [0.15, 0.2) is 0 Å². The maximum atomic E-state index is 14.1. The predicted octanol–water partition coefficient (Wildman–Crippen LogP) is 4.01. The minimum absolute atomic E-state index is 0.00968. The molecular weight excluding hydrogens is 343 g/mol. The molecule has 1 saturated heterocycles. The molecule has 0 radical (unpaired) electrons. The second-order valence-electron chi connectivity index (χ2n) is 6.05. The highest BCUT2D eigenvalue weighted by molar-refractivity contribution is 6.31. The number of benzene rings is 2. The Kier molecular flexibility index (Phi) is 5.04. The van der Waals surface area contributed by atoms with Crippen LogP contribution in [0.1, 0.15) is 28.8 Å². The summed E-state index contributed by atoms with van der Waals surface area (Å²) in [5.41, 5.74) is 1.37. The quantitative estimate of drug-likeness (QED) is 0.826. The first-order chi connectivity index (χ1) is 12.0. The first kappa shape index (κ1) is 17.4. The molecule has 4 nitrogen and oxygen atoms in total. The van der Waals surface area contributed by atoms with Crippen LogP contribution in [0.15, 0.2) is 42.5 Å². The van der Waals surface area contributed by atoms with Gasteiger partial charge in [0.1, 0.15) is 12.5 Å². The molecule has 0 bridgehead atoms. The van der Waals surface area contributed by atoms with Gasteiger partial charge in [0, 0.05) is 23.7 Å². The molecule has 2 aromatic rings. The van der Waals surface area contributed by atoms with Crippen LogP contribution in [0.5, 0.6) is 0 Å². The molecule has 0 saturated carbocycles. The zero-order chi connectivity index (χ0) is 18.0. The number of anilines is 1. The topological polar surface area (TPSA) is 40.6 Å². The summed E-state index contributed by atoms with van der Waals surface area (Å²) in [5.74, 6) is -1.11. The van der Waals surface area contributed by atoms with Crippen LogP contribution in [0.25, 0.3) is 0 Å². The van der Waals surface area contributed by atoms with Crippen molar-refractivity contribution < 1.29 is 14.0 Å². The highest BCUT2D eigenvalue weighted by Crippen LogP contribution is 2.26. The summed E-state index contributed by atoms with van der Waals surface area (Å²) >= 11 is 6.19. The van der Waals surface area contributed by atoms with Crippen molar-refractivity contribution in [2.24, 2.45) is 0 Å². The minimum atomic E-state index is -0.594. The Morgan fingerprint density at radius 1 is 1.28 bits per heavy atom. The third kappa shape index (κ3) is 3.66. The second kappa shape index (κ2) is 7.23. The van der Waals surface area contributed by atoms with Crippen LogP contribution in [0.2, 0.25) is 5.02 Å². The average Bonchev–Trinajstić information content (AvgIpc) is 3.00. The lowest BCUT2D eigenvalue weighted by atomic mass is 10.1. The number of nitrogens with zero attached hydrogens (tertiary/aromatic N) is 2. The van der Waals surface area contributed by atoms with Gasteiger partial charge in [-0.25, -0.2) is 4.39 Å². The van der Waals surface area contributed by atoms with Crippen molar-refractivity contribution in [3.8, 4) is 0 Å². The molecule has 0 spiro atoms. The molecule has 1 aliphatic rings. The van der Waals surface area contributed by atoms with Gasteiger partial charge >= 0.3 is 0 Å². The number of carbonyl (C=O) groups excluding carboxylic acids is 2. The number of amides is 2. The molecule has 2 aromatic carbocycles. The first-order valence-electron chi connectivity index (χ1n) is 8.07. The Bertz CT molecular complexity index is 825. The number of halogens is 2. The summed E-state index contributed by atoms with van der Waals surface area (Å²) in [5, 5.41) is 0.511. The fourth-order valence-corrected chi connectivity index (χ4v) is 2.99. The number of hydrogen-bond acceptors (Lipinski definition) is 2. The number of aryl methyl sites for hydroxylation is 1. The molecule has 0 aliphatic carbocycles. The van der Waals surface area contributed by atoms with E-state index in [0.29, 0.717) is 23.7 Å². The van der Waals surface area contributed by atoms with Gasteiger partial charge in [-0.2, -0.15) is 0 Å². The smallest absolute Gasteiger partial charge is 0.262 e. The van der Waals surface area contributed by atoms with E-state index in [1.165, 1.54) is 23.1 Å². The lowest BCUT2D eigenvalue weighted by Gasteiger charge is -2.28. The summed E-state index contributed by atoms with van der Waals surface area (Å²) in [4.78, 5) is 27.9. The van der Waals surface area contributed by atoms with Crippen LogP contribution in [-0.2, 0) is 4.79 Å². The van der Waals surface area contributed by atoms with E-state index in [9.17, 15) is 14.0 Å². The van der Waals surface area contributed by atoms with Gasteiger partial charge in [0.2, 0.25) is 5.91 Å². The molecule has 1 heterocycles. The molecule has 0 aromatic heterocycles. The summed E-state index contributed by atoms with van der Waals surface area (Å²) in [7, 11) is 0. The molecule has 1 aliphatic heterocycles. The molecule has 0 unspecified atom stereocenters. The van der Waals surface area contributed by atoms with Crippen LogP contribution in [0, 0.1) is 12.7 Å². The number of likely N-dealkylation sites (tertiary alicyclic amines) is 1. The highest BCUT2D eigenvalue weighted by atomic mass is 35.5. The largest absolute Gasteiger partial charge is 0.324 e. The highest BCUT2D eigenvalue weighted by Gasteiger charge is 2.27. The van der Waals surface area contributed by atoms with Crippen molar-refractivity contribution in [1.29, 1.82) is 0 Å². The van der Waals surface area contributed by atoms with Gasteiger partial charge < -0.3 is 4.90 Å². The van der Waals surface area contributed by atoms with Crippen molar-refractivity contribution in [2.75, 3.05) is 18.1 Å². The fraction of sp³-hybridized carbons (Fsp3) is 0.263. The third-order valence-electron chi connectivity index (χ3n) is 4.30. The molecule has 6 heteroatoms. The van der Waals surface area contributed by atoms with Gasteiger partial charge in [-0.1, -0.05) is 29.8 Å². The Morgan fingerprint density at radius 3 is 2.68 bits per heavy atom. The molecule has 25 heavy (non-hydrogen) atoms. The Balaban J connectivity index is 1.98. The maximum absolute atomic E-state index is 14.1. The third-order valence-corrected chi connectivity index (χ3v) is 4.71. The van der Waals surface area contributed by atoms with E-state index in [1.54, 1.807) is 29.2 Å². The van der Waals surface area contributed by atoms with Crippen molar-refractivity contribution in [2.45, 2.75) is 19.8 Å². The zero-order valence-electron chi connectivity index (χ0n) is 13.8. The van der Waals surface area contributed by atoms with Crippen LogP contribution >= 0.6 is 11.6 Å². The standard InChI is InChI=1S/C19H18ClFN2O2/c1-13-8-9-14(11-16(13)20)23(12-22-10-4-7-18(22)24)19(25)15-5-2-3-6-17(15)21/h2-3,5-6,8-9,11H,4,7,10,12H2,1H3. The van der Waals surface area contributed by atoms with Crippen molar-refractivity contribution in [1.82, 2.24) is 4.90 Å². The molecule has 130 valence electrons. The van der Waals surface area contributed by atoms with Gasteiger partial charge in [0.05, 0.1) is 5.56 Å². The molecule has 1 fully saturated rings. The Hall–Kier alpha value is -2.40. The van der Waals surface area contributed by atoms with Crippen LogP contribution < -0.4 is 4.90 Å². The van der Waals surface area contributed by atoms with Crippen LogP contribution in [-0.4, -0.2) is 29.9 Å². The maximum Gasteiger partial charge on any atom is 0.262 e. The predicted molar refractivity (Wildman–Crippen MR) is 95.2 cm³/mol. The van der Waals surface area contributed by atoms with E-state index >= 15 is 0 Å². The SMILES string of the molecule is Cc1ccc(N(CN2CCCC2=O)C(=O)c2ccccc2F)cc1Cl. The molecule has 0 atom stereocenters. The normalized spacial score (nSPS) is 14.0. The fourth-order valence-electron chi connectivity index (χ4n) is 2.82. The first-order valence-corrected chi connectivity index (χ1v) is 8.45. The van der Waals surface area contributed by atoms with E-state index < -0.39 is 11.7 Å². The van der Waals surface area contributed by atoms with E-state index in [-0.39, 0.29) is 18.1 Å². The van der Waals surface area contributed by atoms with E-state index in [4.69, 9.17) is 11.6 Å². The lowest BCUT2D eigenvalue weighted by Crippen LogP contribution is -2.42. The van der Waals surface area contributed by atoms with Gasteiger partial charge in [-0.3, -0.25) is 14.5 Å².